The van der Waals surface area contributed by atoms with Crippen molar-refractivity contribution in [2.24, 2.45) is 10.7 Å². The van der Waals surface area contributed by atoms with Crippen LogP contribution in [0, 0.1) is 0 Å². The van der Waals surface area contributed by atoms with Crippen LogP contribution in [0.1, 0.15) is 13.8 Å². The Hall–Kier alpha value is -1.10. The van der Waals surface area contributed by atoms with Crippen molar-refractivity contribution < 1.29 is 15.0 Å². The number of aliphatic carboxylic acids is 1. The summed E-state index contributed by atoms with van der Waals surface area (Å²) in [5.41, 5.74) is 5.14. The van der Waals surface area contributed by atoms with Gasteiger partial charge in [0.1, 0.15) is 0 Å². The largest absolute Gasteiger partial charge is 0.480 e. The van der Waals surface area contributed by atoms with Crippen LogP contribution in [0.3, 0.4) is 0 Å². The number of aliphatic hydroxyl groups is 1. The summed E-state index contributed by atoms with van der Waals surface area (Å²) >= 11 is 0. The summed E-state index contributed by atoms with van der Waals surface area (Å²) in [5.74, 6) is -1.02. The van der Waals surface area contributed by atoms with E-state index in [1.165, 1.54) is 13.8 Å². The maximum absolute atomic E-state index is 10.4. The van der Waals surface area contributed by atoms with Crippen molar-refractivity contribution in [2.75, 3.05) is 0 Å². The SMILES string of the molecule is CC(N)=N[C@H](C(=O)O)[C@@H](C)O. The van der Waals surface area contributed by atoms with E-state index in [0.717, 1.165) is 0 Å². The van der Waals surface area contributed by atoms with Crippen molar-refractivity contribution >= 4 is 11.8 Å². The van der Waals surface area contributed by atoms with Crippen molar-refractivity contribution in [1.82, 2.24) is 0 Å². The van der Waals surface area contributed by atoms with Gasteiger partial charge in [0, 0.05) is 0 Å². The van der Waals surface area contributed by atoms with Crippen LogP contribution in [0.2, 0.25) is 0 Å². The van der Waals surface area contributed by atoms with Gasteiger partial charge in [0.25, 0.3) is 0 Å². The highest BCUT2D eigenvalue weighted by molar-refractivity contribution is 5.82. The van der Waals surface area contributed by atoms with Crippen LogP contribution >= 0.6 is 0 Å². The maximum Gasteiger partial charge on any atom is 0.331 e. The fourth-order valence-corrected chi connectivity index (χ4v) is 0.589. The van der Waals surface area contributed by atoms with Gasteiger partial charge < -0.3 is 15.9 Å². The van der Waals surface area contributed by atoms with E-state index < -0.39 is 18.1 Å². The number of hydrogen-bond acceptors (Lipinski definition) is 3. The van der Waals surface area contributed by atoms with Crippen LogP contribution in [-0.4, -0.2) is 34.2 Å². The Morgan fingerprint density at radius 1 is 1.64 bits per heavy atom. The molecule has 0 saturated carbocycles. The lowest BCUT2D eigenvalue weighted by molar-refractivity contribution is -0.140. The molecule has 0 spiro atoms. The minimum atomic E-state index is -1.18. The van der Waals surface area contributed by atoms with E-state index in [2.05, 4.69) is 4.99 Å². The normalized spacial score (nSPS) is 17.5. The average Bonchev–Trinajstić information content (AvgIpc) is 1.81. The molecule has 5 nitrogen and oxygen atoms in total. The van der Waals surface area contributed by atoms with Crippen LogP contribution in [0.4, 0.5) is 0 Å². The van der Waals surface area contributed by atoms with E-state index in [4.69, 9.17) is 15.9 Å². The smallest absolute Gasteiger partial charge is 0.331 e. The van der Waals surface area contributed by atoms with Crippen LogP contribution in [0.5, 0.6) is 0 Å². The molecule has 0 radical (unpaired) electrons. The number of nitrogens with two attached hydrogens (primary N) is 1. The summed E-state index contributed by atoms with van der Waals surface area (Å²) in [6.45, 7) is 2.82. The third-order valence-electron chi connectivity index (χ3n) is 1.05. The Bertz CT molecular complexity index is 173. The third kappa shape index (κ3) is 3.57. The highest BCUT2D eigenvalue weighted by Gasteiger charge is 2.21. The lowest BCUT2D eigenvalue weighted by atomic mass is 10.2. The highest BCUT2D eigenvalue weighted by atomic mass is 16.4. The molecule has 0 aromatic rings. The summed E-state index contributed by atoms with van der Waals surface area (Å²) < 4.78 is 0. The van der Waals surface area contributed by atoms with Crippen LogP contribution in [0.25, 0.3) is 0 Å². The average molecular weight is 160 g/mol. The van der Waals surface area contributed by atoms with Crippen molar-refractivity contribution in [3.63, 3.8) is 0 Å². The van der Waals surface area contributed by atoms with Gasteiger partial charge in [0.15, 0.2) is 6.04 Å². The lowest BCUT2D eigenvalue weighted by Crippen LogP contribution is -2.31. The summed E-state index contributed by atoms with van der Waals surface area (Å²) in [7, 11) is 0. The first-order chi connectivity index (χ1) is 4.95. The summed E-state index contributed by atoms with van der Waals surface area (Å²) in [6, 6.07) is -1.15. The highest BCUT2D eigenvalue weighted by Crippen LogP contribution is 1.98. The minimum absolute atomic E-state index is 0.151. The second kappa shape index (κ2) is 3.92. The van der Waals surface area contributed by atoms with Gasteiger partial charge >= 0.3 is 5.97 Å². The molecule has 11 heavy (non-hydrogen) atoms. The summed E-state index contributed by atoms with van der Waals surface area (Å²) in [5, 5.41) is 17.4. The van der Waals surface area contributed by atoms with E-state index in [1.807, 2.05) is 0 Å². The van der Waals surface area contributed by atoms with Crippen molar-refractivity contribution in [3.8, 4) is 0 Å². The Balaban J connectivity index is 4.36. The Morgan fingerprint density at radius 2 is 2.09 bits per heavy atom. The molecular formula is C6H12N2O3. The quantitative estimate of drug-likeness (QED) is 0.372. The van der Waals surface area contributed by atoms with Gasteiger partial charge in [-0.3, -0.25) is 4.99 Å². The summed E-state index contributed by atoms with van der Waals surface area (Å²) in [6.07, 6.45) is -1.02. The van der Waals surface area contributed by atoms with Crippen LogP contribution in [-0.2, 0) is 4.79 Å². The Kier molecular flexibility index (Phi) is 3.53. The molecule has 0 saturated heterocycles. The van der Waals surface area contributed by atoms with Crippen molar-refractivity contribution in [3.05, 3.63) is 0 Å². The maximum atomic E-state index is 10.4. The molecule has 0 heterocycles. The molecule has 64 valence electrons. The van der Waals surface area contributed by atoms with Crippen molar-refractivity contribution in [2.45, 2.75) is 26.0 Å². The number of carboxylic acid groups (broad SMARTS) is 1. The molecule has 0 amide bonds. The molecule has 0 fully saturated rings. The Morgan fingerprint density at radius 3 is 2.18 bits per heavy atom. The summed E-state index contributed by atoms with van der Waals surface area (Å²) in [4.78, 5) is 13.9. The fraction of sp³-hybridized carbons (Fsp3) is 0.667. The molecular weight excluding hydrogens is 148 g/mol. The van der Waals surface area contributed by atoms with Gasteiger partial charge in [-0.2, -0.15) is 0 Å². The molecule has 0 aliphatic rings. The first kappa shape index (κ1) is 9.90. The predicted octanol–water partition coefficient (Wildman–Crippen LogP) is -0.803. The number of amidine groups is 1. The fourth-order valence-electron chi connectivity index (χ4n) is 0.589. The van der Waals surface area contributed by atoms with Crippen LogP contribution < -0.4 is 5.73 Å². The van der Waals surface area contributed by atoms with Crippen molar-refractivity contribution in [1.29, 1.82) is 0 Å². The standard InChI is InChI=1S/C6H12N2O3/c1-3(9)5(6(10)11)8-4(2)7/h3,5,9H,1-2H3,(H2,7,8)(H,10,11)/t3-,5+/m1/s1. The lowest BCUT2D eigenvalue weighted by Gasteiger charge is -2.09. The van der Waals surface area contributed by atoms with E-state index in [9.17, 15) is 4.79 Å². The van der Waals surface area contributed by atoms with E-state index >= 15 is 0 Å². The topological polar surface area (TPSA) is 95.9 Å². The predicted molar refractivity (Wildman–Crippen MR) is 40.4 cm³/mol. The van der Waals surface area contributed by atoms with Gasteiger partial charge in [0.05, 0.1) is 11.9 Å². The van der Waals surface area contributed by atoms with Gasteiger partial charge in [-0.15, -0.1) is 0 Å². The number of hydrogen-bond donors (Lipinski definition) is 3. The zero-order valence-corrected chi connectivity index (χ0v) is 6.48. The molecule has 5 heteroatoms. The second-order valence-corrected chi connectivity index (χ2v) is 2.29. The monoisotopic (exact) mass is 160 g/mol. The molecule has 0 bridgehead atoms. The molecule has 2 atom stereocenters. The van der Waals surface area contributed by atoms with Gasteiger partial charge in [0.2, 0.25) is 0 Å². The number of carboxylic acids is 1. The first-order valence-corrected chi connectivity index (χ1v) is 3.16. The number of rotatable bonds is 3. The molecule has 0 aliphatic heterocycles. The van der Waals surface area contributed by atoms with Gasteiger partial charge in [-0.1, -0.05) is 0 Å². The van der Waals surface area contributed by atoms with Gasteiger partial charge in [-0.05, 0) is 13.8 Å². The number of nitrogens with zero attached hydrogens (tertiary/aromatic N) is 1. The van der Waals surface area contributed by atoms with Crippen LogP contribution in [0.15, 0.2) is 4.99 Å². The first-order valence-electron chi connectivity index (χ1n) is 3.16. The third-order valence-corrected chi connectivity index (χ3v) is 1.05. The van der Waals surface area contributed by atoms with E-state index in [0.29, 0.717) is 0 Å². The molecule has 0 unspecified atom stereocenters. The molecule has 0 aromatic heterocycles. The molecule has 4 N–H and O–H groups in total. The van der Waals surface area contributed by atoms with Gasteiger partial charge in [-0.25, -0.2) is 4.79 Å². The molecule has 0 rings (SSSR count). The number of carbonyl (C=O) groups is 1. The Labute approximate surface area is 64.5 Å². The molecule has 0 aliphatic carbocycles. The molecule has 0 aromatic carbocycles. The van der Waals surface area contributed by atoms with E-state index in [1.54, 1.807) is 0 Å². The number of aliphatic hydroxyl groups excluding tert-OH is 1. The zero-order chi connectivity index (χ0) is 9.02. The minimum Gasteiger partial charge on any atom is -0.480 e. The second-order valence-electron chi connectivity index (χ2n) is 2.29. The zero-order valence-electron chi connectivity index (χ0n) is 6.48. The number of aliphatic imine (C=N–C) groups is 1. The van der Waals surface area contributed by atoms with E-state index in [-0.39, 0.29) is 5.84 Å².